The van der Waals surface area contributed by atoms with Crippen molar-refractivity contribution in [2.45, 2.75) is 58.1 Å². The molecule has 0 saturated heterocycles. The minimum absolute atomic E-state index is 0.0137. The monoisotopic (exact) mass is 435 g/mol. The van der Waals surface area contributed by atoms with Crippen molar-refractivity contribution in [3.8, 4) is 0 Å². The minimum atomic E-state index is -0.935. The Morgan fingerprint density at radius 3 is 2.72 bits per heavy atom. The maximum absolute atomic E-state index is 12.3. The summed E-state index contributed by atoms with van der Waals surface area (Å²) in [5.41, 5.74) is 1.97. The summed E-state index contributed by atoms with van der Waals surface area (Å²) in [6.07, 6.45) is 10.4. The second kappa shape index (κ2) is 7.31. The molecule has 1 heterocycles. The van der Waals surface area contributed by atoms with Crippen molar-refractivity contribution in [1.82, 2.24) is 4.90 Å². The molecule has 3 aliphatic carbocycles. The molecule has 5 heteroatoms. The van der Waals surface area contributed by atoms with Crippen LogP contribution in [0.2, 0.25) is 0 Å². The number of carboxylic acids is 1. The van der Waals surface area contributed by atoms with E-state index in [1.807, 2.05) is 24.1 Å². The van der Waals surface area contributed by atoms with Gasteiger partial charge >= 0.3 is 5.97 Å². The van der Waals surface area contributed by atoms with Crippen molar-refractivity contribution in [2.24, 2.45) is 28.6 Å². The molecule has 5 nitrogen and oxygen atoms in total. The van der Waals surface area contributed by atoms with Gasteiger partial charge in [0.25, 0.3) is 0 Å². The minimum Gasteiger partial charge on any atom is -0.478 e. The second-order valence-corrected chi connectivity index (χ2v) is 10.9. The molecule has 4 aliphatic rings. The predicted molar refractivity (Wildman–Crippen MR) is 123 cm³/mol. The number of hydrogen-bond donors (Lipinski definition) is 2. The Hall–Kier alpha value is -2.40. The maximum Gasteiger partial charge on any atom is 0.335 e. The highest BCUT2D eigenvalue weighted by atomic mass is 16.4. The fourth-order valence-corrected chi connectivity index (χ4v) is 7.71. The van der Waals surface area contributed by atoms with Crippen LogP contribution in [0.3, 0.4) is 0 Å². The molecule has 1 aromatic rings. The van der Waals surface area contributed by atoms with Gasteiger partial charge in [-0.15, -0.1) is 0 Å². The molecule has 0 radical (unpaired) electrons. The molecular formula is C27H33NO4. The smallest absolute Gasteiger partial charge is 0.335 e. The van der Waals surface area contributed by atoms with Crippen molar-refractivity contribution >= 4 is 18.0 Å². The number of fused-ring (bicyclic) bond motifs is 5. The number of aliphatic hydroxyl groups excluding tert-OH is 1. The Balaban J connectivity index is 1.47. The van der Waals surface area contributed by atoms with E-state index in [9.17, 15) is 19.8 Å². The summed E-state index contributed by atoms with van der Waals surface area (Å²) >= 11 is 0. The maximum atomic E-state index is 12.3. The van der Waals surface area contributed by atoms with Crippen LogP contribution in [0.4, 0.5) is 0 Å². The molecule has 3 fully saturated rings. The van der Waals surface area contributed by atoms with Crippen LogP contribution < -0.4 is 0 Å². The SMILES string of the molecule is CN1C(=O)C=C[C@@]2(C)C1CC[C@@H]1[C@H]2CC[C@]2(C)C(O)C(=Cc3cccc(C(=O)O)c3)C[C@@H]12. The molecule has 0 aromatic heterocycles. The van der Waals surface area contributed by atoms with Crippen molar-refractivity contribution < 1.29 is 19.8 Å². The van der Waals surface area contributed by atoms with Crippen LogP contribution in [0.15, 0.2) is 42.0 Å². The summed E-state index contributed by atoms with van der Waals surface area (Å²) in [5, 5.41) is 20.7. The number of aliphatic hydroxyl groups is 1. The zero-order valence-corrected chi connectivity index (χ0v) is 19.1. The van der Waals surface area contributed by atoms with E-state index in [2.05, 4.69) is 19.9 Å². The molecule has 3 saturated carbocycles. The van der Waals surface area contributed by atoms with E-state index in [0.717, 1.165) is 43.2 Å². The van der Waals surface area contributed by atoms with Crippen LogP contribution >= 0.6 is 0 Å². The van der Waals surface area contributed by atoms with Gasteiger partial charge in [-0.1, -0.05) is 38.1 Å². The Kier molecular flexibility index (Phi) is 4.90. The Morgan fingerprint density at radius 2 is 1.97 bits per heavy atom. The number of benzene rings is 1. The predicted octanol–water partition coefficient (Wildman–Crippen LogP) is 4.38. The molecule has 2 N–H and O–H groups in total. The van der Waals surface area contributed by atoms with Gasteiger partial charge in [-0.2, -0.15) is 0 Å². The lowest BCUT2D eigenvalue weighted by Gasteiger charge is -2.59. The van der Waals surface area contributed by atoms with Crippen LogP contribution in [0.5, 0.6) is 0 Å². The van der Waals surface area contributed by atoms with E-state index in [1.54, 1.807) is 24.3 Å². The molecule has 32 heavy (non-hydrogen) atoms. The number of rotatable bonds is 2. The molecule has 0 spiro atoms. The van der Waals surface area contributed by atoms with Gasteiger partial charge < -0.3 is 15.1 Å². The van der Waals surface area contributed by atoms with Crippen LogP contribution in [0, 0.1) is 28.6 Å². The Labute approximate surface area is 189 Å². The van der Waals surface area contributed by atoms with E-state index in [0.29, 0.717) is 17.8 Å². The lowest BCUT2D eigenvalue weighted by molar-refractivity contribution is -0.140. The standard InChI is InChI=1S/C27H33NO4/c1-26-12-10-23(29)28(3)22(26)8-7-19-20(26)9-11-27(2)21(19)15-18(24(27)30)14-16-5-4-6-17(13-16)25(31)32/h4-6,10,12-14,19-22,24,30H,7-9,11,15H2,1-3H3,(H,31,32)/t19-,20-,21+,22?,24?,26-,27+/m1/s1. The van der Waals surface area contributed by atoms with E-state index in [4.69, 9.17) is 0 Å². The molecule has 7 atom stereocenters. The van der Waals surface area contributed by atoms with Crippen molar-refractivity contribution in [1.29, 1.82) is 0 Å². The Morgan fingerprint density at radius 1 is 1.19 bits per heavy atom. The van der Waals surface area contributed by atoms with Gasteiger partial charge in [0.15, 0.2) is 0 Å². The first kappa shape index (κ1) is 21.4. The second-order valence-electron chi connectivity index (χ2n) is 10.9. The van der Waals surface area contributed by atoms with Gasteiger partial charge in [0.05, 0.1) is 11.7 Å². The summed E-state index contributed by atoms with van der Waals surface area (Å²) in [6.45, 7) is 4.57. The summed E-state index contributed by atoms with van der Waals surface area (Å²) in [4.78, 5) is 25.6. The van der Waals surface area contributed by atoms with Crippen LogP contribution in [0.1, 0.15) is 61.9 Å². The first-order valence-corrected chi connectivity index (χ1v) is 11.8. The van der Waals surface area contributed by atoms with Gasteiger partial charge in [0, 0.05) is 23.9 Å². The van der Waals surface area contributed by atoms with Gasteiger partial charge in [0.2, 0.25) is 5.91 Å². The zero-order chi connectivity index (χ0) is 22.8. The molecule has 0 bridgehead atoms. The van der Waals surface area contributed by atoms with Crippen molar-refractivity contribution in [2.75, 3.05) is 7.05 Å². The third-order valence-electron chi connectivity index (χ3n) is 9.48. The fourth-order valence-electron chi connectivity index (χ4n) is 7.71. The quantitative estimate of drug-likeness (QED) is 0.723. The number of carbonyl (C=O) groups excluding carboxylic acids is 1. The number of carboxylic acid groups (broad SMARTS) is 1. The molecular weight excluding hydrogens is 402 g/mol. The average molecular weight is 436 g/mol. The highest BCUT2D eigenvalue weighted by molar-refractivity contribution is 5.89. The molecule has 170 valence electrons. The Bertz CT molecular complexity index is 1030. The van der Waals surface area contributed by atoms with E-state index in [-0.39, 0.29) is 28.3 Å². The highest BCUT2D eigenvalue weighted by Crippen LogP contribution is 2.65. The number of likely N-dealkylation sites (N-methyl/N-ethyl adjacent to an activating group) is 1. The molecule has 5 rings (SSSR count). The summed E-state index contributed by atoms with van der Waals surface area (Å²) < 4.78 is 0. The van der Waals surface area contributed by atoms with Crippen molar-refractivity contribution in [3.05, 3.63) is 53.1 Å². The van der Waals surface area contributed by atoms with E-state index < -0.39 is 12.1 Å². The van der Waals surface area contributed by atoms with E-state index >= 15 is 0 Å². The van der Waals surface area contributed by atoms with Crippen LogP contribution in [-0.2, 0) is 4.79 Å². The van der Waals surface area contributed by atoms with Crippen LogP contribution in [-0.4, -0.2) is 46.2 Å². The topological polar surface area (TPSA) is 77.8 Å². The summed E-state index contributed by atoms with van der Waals surface area (Å²) in [6, 6.07) is 7.20. The molecule has 2 unspecified atom stereocenters. The van der Waals surface area contributed by atoms with Crippen molar-refractivity contribution in [3.63, 3.8) is 0 Å². The van der Waals surface area contributed by atoms with Gasteiger partial charge in [-0.3, -0.25) is 4.79 Å². The molecule has 1 amide bonds. The van der Waals surface area contributed by atoms with Crippen LogP contribution in [0.25, 0.3) is 6.08 Å². The third kappa shape index (κ3) is 3.01. The fraction of sp³-hybridized carbons (Fsp3) is 0.556. The van der Waals surface area contributed by atoms with E-state index in [1.165, 1.54) is 0 Å². The number of carbonyl (C=O) groups is 2. The summed E-state index contributed by atoms with van der Waals surface area (Å²) in [7, 11) is 1.94. The normalized spacial score (nSPS) is 41.9. The first-order chi connectivity index (χ1) is 15.1. The number of hydrogen-bond acceptors (Lipinski definition) is 3. The summed E-state index contributed by atoms with van der Waals surface area (Å²) in [5.74, 6) is 0.603. The molecule has 1 aromatic carbocycles. The molecule has 1 aliphatic heterocycles. The van der Waals surface area contributed by atoms with Gasteiger partial charge in [-0.25, -0.2) is 4.79 Å². The van der Waals surface area contributed by atoms with Gasteiger partial charge in [0.1, 0.15) is 0 Å². The number of nitrogens with zero attached hydrogens (tertiary/aromatic N) is 1. The number of aromatic carboxylic acids is 1. The largest absolute Gasteiger partial charge is 0.478 e. The zero-order valence-electron chi connectivity index (χ0n) is 19.1. The lowest BCUT2D eigenvalue weighted by Crippen LogP contribution is -2.59. The number of amides is 1. The third-order valence-corrected chi connectivity index (χ3v) is 9.48. The first-order valence-electron chi connectivity index (χ1n) is 11.8. The highest BCUT2D eigenvalue weighted by Gasteiger charge is 2.61. The lowest BCUT2D eigenvalue weighted by atomic mass is 9.48. The average Bonchev–Trinajstić information content (AvgIpc) is 3.02. The van der Waals surface area contributed by atoms with Gasteiger partial charge in [-0.05, 0) is 79.2 Å².